The van der Waals surface area contributed by atoms with Crippen LogP contribution in [0.5, 0.6) is 0 Å². The van der Waals surface area contributed by atoms with Gasteiger partial charge in [0.25, 0.3) is 0 Å². The molecule has 0 aromatic carbocycles. The van der Waals surface area contributed by atoms with Gasteiger partial charge < -0.3 is 9.51 Å². The van der Waals surface area contributed by atoms with E-state index in [-0.39, 0.29) is 5.69 Å². The van der Waals surface area contributed by atoms with E-state index in [0.717, 1.165) is 11.3 Å². The van der Waals surface area contributed by atoms with Gasteiger partial charge in [-0.15, -0.1) is 0 Å². The lowest BCUT2D eigenvalue weighted by molar-refractivity contribution is 0.393. The summed E-state index contributed by atoms with van der Waals surface area (Å²) in [5.41, 5.74) is 1.74. The van der Waals surface area contributed by atoms with Gasteiger partial charge in [-0.2, -0.15) is 4.98 Å². The Morgan fingerprint density at radius 1 is 1.43 bits per heavy atom. The largest absolute Gasteiger partial charge is 0.361 e. The maximum absolute atomic E-state index is 11.0. The molecule has 1 N–H and O–H groups in total. The van der Waals surface area contributed by atoms with Gasteiger partial charge in [0.1, 0.15) is 5.76 Å². The minimum Gasteiger partial charge on any atom is -0.361 e. The first kappa shape index (κ1) is 8.68. The normalized spacial score (nSPS) is 10.4. The lowest BCUT2D eigenvalue weighted by Crippen LogP contribution is -2.09. The first-order valence-corrected chi connectivity index (χ1v) is 4.17. The van der Waals surface area contributed by atoms with Crippen LogP contribution in [0.1, 0.15) is 11.5 Å². The van der Waals surface area contributed by atoms with Crippen molar-refractivity contribution in [3.63, 3.8) is 0 Å². The summed E-state index contributed by atoms with van der Waals surface area (Å²) in [5, 5.41) is 3.79. The second kappa shape index (κ2) is 3.10. The van der Waals surface area contributed by atoms with Crippen molar-refractivity contribution >= 4 is 0 Å². The molecule has 2 aromatic heterocycles. The SMILES string of the molecule is Cc1noc(C)c1-c1cc[nH]c(=O)n1. The number of aromatic nitrogens is 3. The summed E-state index contributed by atoms with van der Waals surface area (Å²) in [6, 6.07) is 1.72. The van der Waals surface area contributed by atoms with Crippen molar-refractivity contribution in [2.45, 2.75) is 13.8 Å². The summed E-state index contributed by atoms with van der Waals surface area (Å²) in [6.07, 6.45) is 1.55. The van der Waals surface area contributed by atoms with Gasteiger partial charge in [-0.3, -0.25) is 0 Å². The van der Waals surface area contributed by atoms with Crippen molar-refractivity contribution in [3.8, 4) is 11.3 Å². The van der Waals surface area contributed by atoms with Crippen LogP contribution in [0.15, 0.2) is 21.6 Å². The van der Waals surface area contributed by atoms with Crippen LogP contribution in [0.25, 0.3) is 11.3 Å². The Morgan fingerprint density at radius 3 is 2.79 bits per heavy atom. The van der Waals surface area contributed by atoms with E-state index in [1.165, 1.54) is 0 Å². The molecule has 5 heteroatoms. The Labute approximate surface area is 79.8 Å². The third-order valence-electron chi connectivity index (χ3n) is 1.96. The molecule has 2 aromatic rings. The highest BCUT2D eigenvalue weighted by atomic mass is 16.5. The molecule has 2 heterocycles. The van der Waals surface area contributed by atoms with Crippen molar-refractivity contribution in [2.75, 3.05) is 0 Å². The number of hydrogen-bond acceptors (Lipinski definition) is 4. The molecule has 14 heavy (non-hydrogen) atoms. The van der Waals surface area contributed by atoms with Gasteiger partial charge in [-0.25, -0.2) is 4.79 Å². The maximum atomic E-state index is 11.0. The van der Waals surface area contributed by atoms with Gasteiger partial charge in [0, 0.05) is 6.20 Å². The molecule has 0 aliphatic heterocycles. The van der Waals surface area contributed by atoms with Crippen molar-refractivity contribution in [3.05, 3.63) is 34.2 Å². The fraction of sp³-hybridized carbons (Fsp3) is 0.222. The minimum atomic E-state index is -0.373. The number of H-pyrrole nitrogens is 1. The molecule has 0 aliphatic rings. The van der Waals surface area contributed by atoms with E-state index >= 15 is 0 Å². The third kappa shape index (κ3) is 1.32. The molecule has 0 unspecified atom stereocenters. The smallest absolute Gasteiger partial charge is 0.345 e. The first-order chi connectivity index (χ1) is 6.68. The average molecular weight is 191 g/mol. The topological polar surface area (TPSA) is 71.8 Å². The standard InChI is InChI=1S/C9H9N3O2/c1-5-8(6(2)14-12-5)7-3-4-10-9(13)11-7/h3-4H,1-2H3,(H,10,11,13). The number of nitrogens with one attached hydrogen (secondary N) is 1. The van der Waals surface area contributed by atoms with E-state index in [1.54, 1.807) is 19.2 Å². The van der Waals surface area contributed by atoms with Crippen LogP contribution in [0, 0.1) is 13.8 Å². The minimum absolute atomic E-state index is 0.373. The molecule has 0 radical (unpaired) electrons. The molecule has 0 fully saturated rings. The molecule has 2 rings (SSSR count). The van der Waals surface area contributed by atoms with Crippen LogP contribution in [-0.2, 0) is 0 Å². The van der Waals surface area contributed by atoms with Gasteiger partial charge >= 0.3 is 5.69 Å². The maximum Gasteiger partial charge on any atom is 0.345 e. The summed E-state index contributed by atoms with van der Waals surface area (Å²) in [6.45, 7) is 3.60. The monoisotopic (exact) mass is 191 g/mol. The second-order valence-electron chi connectivity index (χ2n) is 2.98. The van der Waals surface area contributed by atoms with E-state index in [4.69, 9.17) is 4.52 Å². The van der Waals surface area contributed by atoms with Crippen LogP contribution in [0.4, 0.5) is 0 Å². The van der Waals surface area contributed by atoms with E-state index in [1.807, 2.05) is 6.92 Å². The number of nitrogens with zero attached hydrogens (tertiary/aromatic N) is 2. The fourth-order valence-corrected chi connectivity index (χ4v) is 1.36. The number of rotatable bonds is 1. The molecule has 0 saturated carbocycles. The zero-order valence-electron chi connectivity index (χ0n) is 7.87. The van der Waals surface area contributed by atoms with E-state index in [2.05, 4.69) is 15.1 Å². The average Bonchev–Trinajstić information content (AvgIpc) is 2.46. The molecular weight excluding hydrogens is 182 g/mol. The Balaban J connectivity index is 2.65. The van der Waals surface area contributed by atoms with Gasteiger partial charge in [0.05, 0.1) is 17.0 Å². The second-order valence-corrected chi connectivity index (χ2v) is 2.98. The molecule has 72 valence electrons. The summed E-state index contributed by atoms with van der Waals surface area (Å²) in [7, 11) is 0. The van der Waals surface area contributed by atoms with Crippen molar-refractivity contribution in [2.24, 2.45) is 0 Å². The van der Waals surface area contributed by atoms with E-state index in [0.29, 0.717) is 11.5 Å². The number of aryl methyl sites for hydroxylation is 2. The van der Waals surface area contributed by atoms with Gasteiger partial charge in [0.2, 0.25) is 0 Å². The summed E-state index contributed by atoms with van der Waals surface area (Å²) >= 11 is 0. The quantitative estimate of drug-likeness (QED) is 0.731. The molecule has 5 nitrogen and oxygen atoms in total. The van der Waals surface area contributed by atoms with E-state index in [9.17, 15) is 4.79 Å². The fourth-order valence-electron chi connectivity index (χ4n) is 1.36. The Kier molecular flexibility index (Phi) is 1.92. The zero-order chi connectivity index (χ0) is 10.1. The van der Waals surface area contributed by atoms with Crippen LogP contribution < -0.4 is 5.69 Å². The third-order valence-corrected chi connectivity index (χ3v) is 1.96. The lowest BCUT2D eigenvalue weighted by Gasteiger charge is -1.96. The predicted molar refractivity (Wildman–Crippen MR) is 49.8 cm³/mol. The summed E-state index contributed by atoms with van der Waals surface area (Å²) in [5.74, 6) is 0.667. The molecule has 0 saturated heterocycles. The highest BCUT2D eigenvalue weighted by Crippen LogP contribution is 2.23. The Morgan fingerprint density at radius 2 is 2.21 bits per heavy atom. The summed E-state index contributed by atoms with van der Waals surface area (Å²) < 4.78 is 4.99. The highest BCUT2D eigenvalue weighted by molar-refractivity contribution is 5.62. The molecule has 0 amide bonds. The van der Waals surface area contributed by atoms with Crippen molar-refractivity contribution < 1.29 is 4.52 Å². The van der Waals surface area contributed by atoms with Crippen LogP contribution in [0.3, 0.4) is 0 Å². The molecule has 0 atom stereocenters. The van der Waals surface area contributed by atoms with Crippen LogP contribution in [-0.4, -0.2) is 15.1 Å². The lowest BCUT2D eigenvalue weighted by atomic mass is 10.1. The summed E-state index contributed by atoms with van der Waals surface area (Å²) in [4.78, 5) is 17.3. The van der Waals surface area contributed by atoms with Gasteiger partial charge in [-0.1, -0.05) is 5.16 Å². The van der Waals surface area contributed by atoms with E-state index < -0.39 is 0 Å². The van der Waals surface area contributed by atoms with Gasteiger partial charge in [0.15, 0.2) is 0 Å². The number of hydrogen-bond donors (Lipinski definition) is 1. The number of aromatic amines is 1. The Hall–Kier alpha value is -1.91. The Bertz CT molecular complexity index is 493. The van der Waals surface area contributed by atoms with Crippen molar-refractivity contribution in [1.82, 2.24) is 15.1 Å². The highest BCUT2D eigenvalue weighted by Gasteiger charge is 2.12. The molecular formula is C9H9N3O2. The van der Waals surface area contributed by atoms with Crippen LogP contribution >= 0.6 is 0 Å². The first-order valence-electron chi connectivity index (χ1n) is 4.17. The van der Waals surface area contributed by atoms with Crippen molar-refractivity contribution in [1.29, 1.82) is 0 Å². The molecule has 0 spiro atoms. The predicted octanol–water partition coefficient (Wildman–Crippen LogP) is 1.04. The zero-order valence-corrected chi connectivity index (χ0v) is 7.87. The molecule has 0 aliphatic carbocycles. The molecule has 0 bridgehead atoms. The van der Waals surface area contributed by atoms with Crippen LogP contribution in [0.2, 0.25) is 0 Å². The van der Waals surface area contributed by atoms with Gasteiger partial charge in [-0.05, 0) is 19.9 Å².